The van der Waals surface area contributed by atoms with Gasteiger partial charge in [-0.25, -0.2) is 0 Å². The molecule has 0 fully saturated rings. The topological polar surface area (TPSA) is 103 Å². The van der Waals surface area contributed by atoms with Gasteiger partial charge < -0.3 is 16.8 Å². The molecule has 82 valence electrons. The Hall–Kier alpha value is -2.37. The van der Waals surface area contributed by atoms with Gasteiger partial charge in [0.1, 0.15) is 11.6 Å². The van der Waals surface area contributed by atoms with Crippen molar-refractivity contribution in [1.82, 2.24) is 15.0 Å². The van der Waals surface area contributed by atoms with Crippen LogP contribution in [0.25, 0.3) is 0 Å². The van der Waals surface area contributed by atoms with Gasteiger partial charge in [0, 0.05) is 12.3 Å². The van der Waals surface area contributed by atoms with E-state index < -0.39 is 0 Å². The smallest absolute Gasteiger partial charge is 0.223 e. The number of nitrogens with two attached hydrogens (primary N) is 2. The van der Waals surface area contributed by atoms with E-state index in [0.29, 0.717) is 11.6 Å². The number of nitrogens with one attached hydrogen (secondary N) is 1. The minimum Gasteiger partial charge on any atom is -0.383 e. The number of nitrogen functional groups attached to an aromatic ring is 2. The molecule has 6 heteroatoms. The number of pyridine rings is 1. The molecule has 2 aromatic rings. The van der Waals surface area contributed by atoms with Crippen LogP contribution in [0.15, 0.2) is 24.4 Å². The first kappa shape index (κ1) is 10.2. The minimum absolute atomic E-state index is 0.143. The number of aryl methyl sites for hydroxylation is 1. The van der Waals surface area contributed by atoms with Crippen LogP contribution in [-0.4, -0.2) is 15.0 Å². The molecule has 16 heavy (non-hydrogen) atoms. The highest BCUT2D eigenvalue weighted by atomic mass is 15.1. The molecule has 0 aromatic carbocycles. The second kappa shape index (κ2) is 4.01. The average molecular weight is 216 g/mol. The number of hydrogen-bond donors (Lipinski definition) is 3. The van der Waals surface area contributed by atoms with Crippen molar-refractivity contribution in [2.24, 2.45) is 0 Å². The Balaban J connectivity index is 2.30. The lowest BCUT2D eigenvalue weighted by Gasteiger charge is -2.08. The van der Waals surface area contributed by atoms with Gasteiger partial charge in [-0.2, -0.15) is 9.97 Å². The molecule has 0 saturated heterocycles. The number of anilines is 4. The fraction of sp³-hybridized carbons (Fsp3) is 0.100. The standard InChI is InChI=1S/C10H12N6/c1-6-7(3-2-4-13-6)14-9-5-8(11)15-10(12)16-9/h2-5H,1H3,(H5,11,12,14,15,16). The van der Waals surface area contributed by atoms with Gasteiger partial charge in [0.25, 0.3) is 0 Å². The molecule has 5 N–H and O–H groups in total. The molecule has 0 bridgehead atoms. The Morgan fingerprint density at radius 1 is 1.25 bits per heavy atom. The quantitative estimate of drug-likeness (QED) is 0.694. The largest absolute Gasteiger partial charge is 0.383 e. The van der Waals surface area contributed by atoms with Gasteiger partial charge in [0.15, 0.2) is 0 Å². The fourth-order valence-electron chi connectivity index (χ4n) is 1.30. The highest BCUT2D eigenvalue weighted by Gasteiger charge is 2.02. The third-order valence-corrected chi connectivity index (χ3v) is 2.03. The zero-order chi connectivity index (χ0) is 11.5. The zero-order valence-electron chi connectivity index (χ0n) is 8.81. The molecule has 6 nitrogen and oxygen atoms in total. The van der Waals surface area contributed by atoms with Gasteiger partial charge in [-0.05, 0) is 19.1 Å². The molecular formula is C10H12N6. The lowest BCUT2D eigenvalue weighted by atomic mass is 10.3. The third kappa shape index (κ3) is 2.17. The van der Waals surface area contributed by atoms with E-state index >= 15 is 0 Å². The predicted octanol–water partition coefficient (Wildman–Crippen LogP) is 1.09. The van der Waals surface area contributed by atoms with Gasteiger partial charge in [-0.1, -0.05) is 0 Å². The van der Waals surface area contributed by atoms with Gasteiger partial charge in [-0.3, -0.25) is 4.98 Å². The molecule has 0 aliphatic carbocycles. The summed E-state index contributed by atoms with van der Waals surface area (Å²) in [5.74, 6) is 1.03. The van der Waals surface area contributed by atoms with E-state index in [4.69, 9.17) is 11.5 Å². The van der Waals surface area contributed by atoms with Crippen LogP contribution in [-0.2, 0) is 0 Å². The second-order valence-corrected chi connectivity index (χ2v) is 3.30. The molecular weight excluding hydrogens is 204 g/mol. The Morgan fingerprint density at radius 2 is 2.06 bits per heavy atom. The van der Waals surface area contributed by atoms with Crippen LogP contribution in [0.3, 0.4) is 0 Å². The van der Waals surface area contributed by atoms with Gasteiger partial charge in [-0.15, -0.1) is 0 Å². The van der Waals surface area contributed by atoms with Crippen molar-refractivity contribution in [3.05, 3.63) is 30.1 Å². The highest BCUT2D eigenvalue weighted by Crippen LogP contribution is 2.18. The van der Waals surface area contributed by atoms with Crippen LogP contribution in [0, 0.1) is 6.92 Å². The van der Waals surface area contributed by atoms with Crippen LogP contribution in [0.5, 0.6) is 0 Å². The molecule has 0 spiro atoms. The number of nitrogens with zero attached hydrogens (tertiary/aromatic N) is 3. The lowest BCUT2D eigenvalue weighted by Crippen LogP contribution is -2.03. The maximum atomic E-state index is 5.56. The van der Waals surface area contributed by atoms with Crippen LogP contribution >= 0.6 is 0 Å². The second-order valence-electron chi connectivity index (χ2n) is 3.30. The summed E-state index contributed by atoms with van der Waals surface area (Å²) < 4.78 is 0. The van der Waals surface area contributed by atoms with E-state index in [2.05, 4.69) is 20.3 Å². The number of aromatic nitrogens is 3. The van der Waals surface area contributed by atoms with Crippen LogP contribution < -0.4 is 16.8 Å². The van der Waals surface area contributed by atoms with Gasteiger partial charge >= 0.3 is 0 Å². The molecule has 0 saturated carbocycles. The fourth-order valence-corrected chi connectivity index (χ4v) is 1.30. The molecule has 0 aliphatic heterocycles. The third-order valence-electron chi connectivity index (χ3n) is 2.03. The van der Waals surface area contributed by atoms with E-state index in [9.17, 15) is 0 Å². The lowest BCUT2D eigenvalue weighted by molar-refractivity contribution is 1.17. The SMILES string of the molecule is Cc1ncccc1Nc1cc(N)nc(N)n1. The van der Waals surface area contributed by atoms with Crippen molar-refractivity contribution in [3.8, 4) is 0 Å². The first-order valence-corrected chi connectivity index (χ1v) is 4.74. The first-order chi connectivity index (χ1) is 7.65. The summed E-state index contributed by atoms with van der Waals surface area (Å²) in [7, 11) is 0. The molecule has 2 rings (SSSR count). The number of hydrogen-bond acceptors (Lipinski definition) is 6. The number of rotatable bonds is 2. The van der Waals surface area contributed by atoms with Crippen molar-refractivity contribution in [3.63, 3.8) is 0 Å². The maximum absolute atomic E-state index is 5.56. The van der Waals surface area contributed by atoms with Crippen molar-refractivity contribution in [2.45, 2.75) is 6.92 Å². The maximum Gasteiger partial charge on any atom is 0.223 e. The molecule has 0 amide bonds. The molecule has 0 aliphatic rings. The van der Waals surface area contributed by atoms with E-state index in [1.54, 1.807) is 12.3 Å². The Kier molecular flexibility index (Phi) is 2.55. The predicted molar refractivity (Wildman–Crippen MR) is 63.1 cm³/mol. The normalized spacial score (nSPS) is 10.1. The Bertz CT molecular complexity index is 490. The Labute approximate surface area is 92.7 Å². The summed E-state index contributed by atoms with van der Waals surface area (Å²) in [4.78, 5) is 12.0. The van der Waals surface area contributed by atoms with Crippen molar-refractivity contribution < 1.29 is 0 Å². The molecule has 2 heterocycles. The summed E-state index contributed by atoms with van der Waals surface area (Å²) in [6, 6.07) is 5.35. The summed E-state index contributed by atoms with van der Waals surface area (Å²) in [6.07, 6.45) is 1.73. The summed E-state index contributed by atoms with van der Waals surface area (Å²) in [5, 5.41) is 3.08. The average Bonchev–Trinajstić information content (AvgIpc) is 2.20. The summed E-state index contributed by atoms with van der Waals surface area (Å²) in [5.41, 5.74) is 12.8. The van der Waals surface area contributed by atoms with E-state index in [1.165, 1.54) is 0 Å². The van der Waals surface area contributed by atoms with Crippen LogP contribution in [0.2, 0.25) is 0 Å². The van der Waals surface area contributed by atoms with Crippen molar-refractivity contribution in [2.75, 3.05) is 16.8 Å². The monoisotopic (exact) mass is 216 g/mol. The molecule has 0 atom stereocenters. The van der Waals surface area contributed by atoms with E-state index in [-0.39, 0.29) is 5.95 Å². The Morgan fingerprint density at radius 3 is 2.75 bits per heavy atom. The highest BCUT2D eigenvalue weighted by molar-refractivity contribution is 5.61. The molecule has 0 unspecified atom stereocenters. The zero-order valence-corrected chi connectivity index (χ0v) is 8.81. The summed E-state index contributed by atoms with van der Waals surface area (Å²) in [6.45, 7) is 1.90. The van der Waals surface area contributed by atoms with Crippen molar-refractivity contribution in [1.29, 1.82) is 0 Å². The minimum atomic E-state index is 0.143. The van der Waals surface area contributed by atoms with Crippen LogP contribution in [0.1, 0.15) is 5.69 Å². The molecule has 2 aromatic heterocycles. The van der Waals surface area contributed by atoms with Gasteiger partial charge in [0.2, 0.25) is 5.95 Å². The van der Waals surface area contributed by atoms with Crippen LogP contribution in [0.4, 0.5) is 23.3 Å². The van der Waals surface area contributed by atoms with Gasteiger partial charge in [0.05, 0.1) is 11.4 Å². The van der Waals surface area contributed by atoms with Crippen molar-refractivity contribution >= 4 is 23.3 Å². The molecule has 0 radical (unpaired) electrons. The summed E-state index contributed by atoms with van der Waals surface area (Å²) >= 11 is 0. The van der Waals surface area contributed by atoms with E-state index in [1.807, 2.05) is 19.1 Å². The first-order valence-electron chi connectivity index (χ1n) is 4.74. The van der Waals surface area contributed by atoms with E-state index in [0.717, 1.165) is 11.4 Å².